The molecule has 0 N–H and O–H groups in total. The van der Waals surface area contributed by atoms with Gasteiger partial charge in [0.25, 0.3) is 0 Å². The molecule has 0 fully saturated rings. The Bertz CT molecular complexity index is 1280. The van der Waals surface area contributed by atoms with Crippen LogP contribution in [0.2, 0.25) is 0 Å². The monoisotopic (exact) mass is 528 g/mol. The maximum absolute atomic E-state index is 9.75. The van der Waals surface area contributed by atoms with Gasteiger partial charge in [0, 0.05) is 16.0 Å². The van der Waals surface area contributed by atoms with Crippen LogP contribution in [0.1, 0.15) is 35.3 Å². The van der Waals surface area contributed by atoms with E-state index < -0.39 is 7.25 Å². The lowest BCUT2D eigenvalue weighted by Gasteiger charge is -2.40. The number of allylic oxidation sites excluding steroid dienone is 2. The Morgan fingerprint density at radius 3 is 2.03 bits per heavy atom. The first-order valence-corrected chi connectivity index (χ1v) is 12.6. The van der Waals surface area contributed by atoms with Crippen LogP contribution in [0.15, 0.2) is 102 Å². The minimum atomic E-state index is -6.00. The molecule has 0 spiro atoms. The molecule has 0 heterocycles. The molecule has 0 amide bonds. The van der Waals surface area contributed by atoms with Crippen molar-refractivity contribution in [3.05, 3.63) is 119 Å². The average molecular weight is 528 g/mol. The summed E-state index contributed by atoms with van der Waals surface area (Å²) in [6.45, 7) is 2.22. The zero-order valence-electron chi connectivity index (χ0n) is 19.5. The van der Waals surface area contributed by atoms with Gasteiger partial charge < -0.3 is 22.0 Å². The van der Waals surface area contributed by atoms with Crippen molar-refractivity contribution in [2.24, 2.45) is 5.92 Å². The normalized spacial score (nSPS) is 21.0. The van der Waals surface area contributed by atoms with Crippen LogP contribution < -0.4 is 4.74 Å². The van der Waals surface area contributed by atoms with E-state index >= 15 is 0 Å². The number of ether oxygens (including phenoxy) is 1. The molecule has 0 radical (unpaired) electrons. The topological polar surface area (TPSA) is 9.23 Å². The van der Waals surface area contributed by atoms with Gasteiger partial charge in [-0.2, -0.15) is 0 Å². The first-order valence-electron chi connectivity index (χ1n) is 11.6. The summed E-state index contributed by atoms with van der Waals surface area (Å²) in [6, 6.07) is 29.2. The maximum atomic E-state index is 9.75. The molecule has 1 nitrogen and oxygen atoms in total. The number of hydrogen-bond acceptors (Lipinski definition) is 2. The Morgan fingerprint density at radius 2 is 1.42 bits per heavy atom. The van der Waals surface area contributed by atoms with E-state index in [-0.39, 0.29) is 17.3 Å². The molecule has 0 saturated heterocycles. The first kappa shape index (κ1) is 26.2. The summed E-state index contributed by atoms with van der Waals surface area (Å²) in [5, 5.41) is 0.119. The fourth-order valence-electron chi connectivity index (χ4n) is 4.80. The predicted octanol–water partition coefficient (Wildman–Crippen LogP) is 7.64. The van der Waals surface area contributed by atoms with Crippen molar-refractivity contribution in [3.8, 4) is 5.75 Å². The number of fused-ring (bicyclic) bond motifs is 2. The van der Waals surface area contributed by atoms with E-state index in [2.05, 4.69) is 80.2 Å². The van der Waals surface area contributed by atoms with Gasteiger partial charge in [-0.15, -0.1) is 0 Å². The van der Waals surface area contributed by atoms with Gasteiger partial charge in [-0.05, 0) is 53.5 Å². The van der Waals surface area contributed by atoms with Crippen LogP contribution in [-0.2, 0) is 12.6 Å². The molecule has 0 aromatic heterocycles. The zero-order valence-corrected chi connectivity index (χ0v) is 21.3. The molecule has 3 unspecified atom stereocenters. The number of rotatable bonds is 4. The summed E-state index contributed by atoms with van der Waals surface area (Å²) in [6.07, 6.45) is 3.11. The Kier molecular flexibility index (Phi) is 8.05. The largest absolute Gasteiger partial charge is 0.673 e. The van der Waals surface area contributed by atoms with E-state index in [9.17, 15) is 17.3 Å². The minimum absolute atomic E-state index is 0.00175. The Morgan fingerprint density at radius 1 is 0.861 bits per heavy atom. The molecule has 0 saturated carbocycles. The molecule has 3 aromatic rings. The van der Waals surface area contributed by atoms with E-state index in [4.69, 9.17) is 17.0 Å². The van der Waals surface area contributed by atoms with Gasteiger partial charge in [0.05, 0.1) is 5.92 Å². The van der Waals surface area contributed by atoms with Crippen molar-refractivity contribution in [2.75, 3.05) is 0 Å². The highest BCUT2D eigenvalue weighted by Gasteiger charge is 2.46. The third-order valence-corrected chi connectivity index (χ3v) is 7.38. The summed E-state index contributed by atoms with van der Waals surface area (Å²) in [7, 11) is -6.00. The number of hydrogen-bond donors (Lipinski definition) is 0. The lowest BCUT2D eigenvalue weighted by Crippen LogP contribution is -2.41. The van der Waals surface area contributed by atoms with Gasteiger partial charge in [-0.25, -0.2) is 0 Å². The second-order valence-corrected chi connectivity index (χ2v) is 9.53. The van der Waals surface area contributed by atoms with Crippen LogP contribution >= 0.6 is 12.2 Å². The van der Waals surface area contributed by atoms with Crippen LogP contribution in [0.4, 0.5) is 17.3 Å². The highest BCUT2D eigenvalue weighted by molar-refractivity contribution is 7.81. The summed E-state index contributed by atoms with van der Waals surface area (Å²) in [5.41, 5.74) is 7.42. The van der Waals surface area contributed by atoms with Gasteiger partial charge in [-0.1, -0.05) is 98.0 Å². The van der Waals surface area contributed by atoms with Crippen LogP contribution in [-0.4, -0.2) is 18.2 Å². The predicted molar refractivity (Wildman–Crippen MR) is 147 cm³/mol. The van der Waals surface area contributed by atoms with Crippen molar-refractivity contribution in [1.29, 1.82) is 0 Å². The molecule has 0 bridgehead atoms. The lowest BCUT2D eigenvalue weighted by molar-refractivity contribution is 0.231. The highest BCUT2D eigenvalue weighted by Crippen LogP contribution is 2.48. The van der Waals surface area contributed by atoms with Crippen molar-refractivity contribution in [3.63, 3.8) is 0 Å². The molecular weight excluding hydrogens is 503 g/mol. The molecule has 3 aromatic carbocycles. The quantitative estimate of drug-likeness (QED) is 0.149. The van der Waals surface area contributed by atoms with Crippen molar-refractivity contribution in [1.82, 2.24) is 0 Å². The Hall–Kier alpha value is -2.84. The van der Waals surface area contributed by atoms with E-state index in [0.29, 0.717) is 0 Å². The zero-order chi connectivity index (χ0) is 25.9. The molecule has 36 heavy (non-hydrogen) atoms. The maximum Gasteiger partial charge on any atom is 0.673 e. The van der Waals surface area contributed by atoms with Crippen molar-refractivity contribution >= 4 is 42.5 Å². The smallest absolute Gasteiger partial charge is 0.485 e. The van der Waals surface area contributed by atoms with Gasteiger partial charge in [-0.3, -0.25) is 0 Å². The SMILES string of the molecule is CCC1=C(c2ccccc2)C(Oc2ccccc2)C2C(=S)c3ccccc3C([SH2+])C2=C1.F[B-](F)(F)F. The van der Waals surface area contributed by atoms with Crippen molar-refractivity contribution < 1.29 is 22.0 Å². The molecule has 3 atom stereocenters. The molecular formula is C28H25BF4OS2. The van der Waals surface area contributed by atoms with Crippen LogP contribution in [0.5, 0.6) is 5.75 Å². The van der Waals surface area contributed by atoms with Crippen LogP contribution in [0.25, 0.3) is 5.57 Å². The number of para-hydroxylation sites is 1. The lowest BCUT2D eigenvalue weighted by atomic mass is 9.69. The van der Waals surface area contributed by atoms with E-state index in [1.54, 1.807) is 0 Å². The Balaban J connectivity index is 0.000000556. The number of thiocarbonyl (C=S) groups is 1. The van der Waals surface area contributed by atoms with E-state index in [1.165, 1.54) is 27.8 Å². The third-order valence-electron chi connectivity index (χ3n) is 6.26. The Labute approximate surface area is 219 Å². The van der Waals surface area contributed by atoms with Crippen LogP contribution in [0, 0.1) is 5.92 Å². The molecule has 186 valence electrons. The molecule has 5 rings (SSSR count). The molecule has 0 aliphatic heterocycles. The van der Waals surface area contributed by atoms with Crippen molar-refractivity contribution in [2.45, 2.75) is 24.7 Å². The minimum Gasteiger partial charge on any atom is -0.485 e. The standard InChI is InChI=1S/C28H24OS2.BF4/c1-2-18-17-23-25(28(31)22-16-10-9-15-21(22)27(23)30)26(29-20-13-7-4-8-14-20)24(18)19-11-5-3-6-12-19;2-1(3,4)5/h3-17,25-27,30H,2H2,1H3;/q;-1/p+1. The fraction of sp³-hybridized carbons (Fsp3) is 0.179. The average Bonchev–Trinajstić information content (AvgIpc) is 2.87. The van der Waals surface area contributed by atoms with Gasteiger partial charge in [0.15, 0.2) is 5.25 Å². The summed E-state index contributed by atoms with van der Waals surface area (Å²) in [4.78, 5) is 0.959. The highest BCUT2D eigenvalue weighted by atomic mass is 32.1. The number of halogens is 4. The van der Waals surface area contributed by atoms with Gasteiger partial charge in [0.2, 0.25) is 0 Å². The molecule has 2 aliphatic rings. The van der Waals surface area contributed by atoms with Crippen LogP contribution in [0.3, 0.4) is 0 Å². The molecule has 2 aliphatic carbocycles. The second-order valence-electron chi connectivity index (χ2n) is 8.51. The molecule has 8 heteroatoms. The second kappa shape index (κ2) is 11.1. The van der Waals surface area contributed by atoms with Gasteiger partial charge in [0.1, 0.15) is 11.9 Å². The summed E-state index contributed by atoms with van der Waals surface area (Å²) in [5.74, 6) is 0.864. The first-order chi connectivity index (χ1) is 17.2. The number of benzene rings is 3. The van der Waals surface area contributed by atoms with Gasteiger partial charge >= 0.3 is 7.25 Å². The van der Waals surface area contributed by atoms with E-state index in [1.807, 2.05) is 30.3 Å². The summed E-state index contributed by atoms with van der Waals surface area (Å²) < 4.78 is 45.7. The summed E-state index contributed by atoms with van der Waals surface area (Å²) >= 11 is 10.2. The third kappa shape index (κ3) is 5.76. The fourth-order valence-corrected chi connectivity index (χ4v) is 5.76. The van der Waals surface area contributed by atoms with E-state index in [0.717, 1.165) is 22.6 Å².